The van der Waals surface area contributed by atoms with Crippen molar-refractivity contribution < 1.29 is 19.7 Å². The van der Waals surface area contributed by atoms with E-state index in [2.05, 4.69) is 35.9 Å². The molecule has 5 heteroatoms. The maximum Gasteiger partial charge on any atom is 0.384 e. The van der Waals surface area contributed by atoms with Gasteiger partial charge in [-0.15, -0.1) is 6.58 Å². The highest BCUT2D eigenvalue weighted by atomic mass is 16.5. The molecular formula is C27H39NO4. The molecule has 0 amide bonds. The molecule has 0 saturated carbocycles. The second kappa shape index (κ2) is 19.2. The molecule has 0 aliphatic heterocycles. The van der Waals surface area contributed by atoms with Gasteiger partial charge in [-0.2, -0.15) is 0 Å². The Labute approximate surface area is 193 Å². The van der Waals surface area contributed by atoms with Crippen LogP contribution in [-0.2, 0) is 9.53 Å². The molecule has 1 aromatic carbocycles. The lowest BCUT2D eigenvalue weighted by atomic mass is 10.1. The number of aliphatic hydroxyl groups is 2. The lowest BCUT2D eigenvalue weighted by molar-refractivity contribution is -0.140. The third-order valence-electron chi connectivity index (χ3n) is 4.86. The third kappa shape index (κ3) is 15.3. The molecule has 0 radical (unpaired) electrons. The molecule has 0 bridgehead atoms. The highest BCUT2D eigenvalue weighted by Gasteiger charge is 2.04. The number of allylic oxidation sites excluding steroid dienone is 3. The van der Waals surface area contributed by atoms with Crippen LogP contribution in [0.1, 0.15) is 69.8 Å². The summed E-state index contributed by atoms with van der Waals surface area (Å²) in [6, 6.07) is 7.55. The number of rotatable bonds is 17. The maximum atomic E-state index is 11.5. The van der Waals surface area contributed by atoms with Crippen molar-refractivity contribution in [2.45, 2.75) is 70.3 Å². The van der Waals surface area contributed by atoms with Crippen molar-refractivity contribution in [1.82, 2.24) is 0 Å². The highest BCUT2D eigenvalue weighted by Crippen LogP contribution is 2.11. The summed E-state index contributed by atoms with van der Waals surface area (Å²) < 4.78 is 4.76. The van der Waals surface area contributed by atoms with Crippen LogP contribution in [0.5, 0.6) is 0 Å². The molecule has 0 spiro atoms. The van der Waals surface area contributed by atoms with Gasteiger partial charge >= 0.3 is 5.97 Å². The average Bonchev–Trinajstić information content (AvgIpc) is 2.81. The van der Waals surface area contributed by atoms with E-state index in [9.17, 15) is 4.79 Å². The van der Waals surface area contributed by atoms with E-state index in [0.717, 1.165) is 31.5 Å². The van der Waals surface area contributed by atoms with E-state index in [0.29, 0.717) is 5.56 Å². The summed E-state index contributed by atoms with van der Waals surface area (Å²) in [5.41, 5.74) is 1.66. The number of carbonyl (C=O) groups is 1. The van der Waals surface area contributed by atoms with E-state index >= 15 is 0 Å². The Balaban J connectivity index is 2.14. The fourth-order valence-corrected chi connectivity index (χ4v) is 3.04. The normalized spacial score (nSPS) is 11.6. The maximum absolute atomic E-state index is 11.5. The van der Waals surface area contributed by atoms with Crippen LogP contribution in [0.2, 0.25) is 0 Å². The Morgan fingerprint density at radius 1 is 1.06 bits per heavy atom. The minimum absolute atomic E-state index is 0.267. The first-order chi connectivity index (χ1) is 15.7. The SMILES string of the molecule is C=CCCCCCCCCC=CCCCNc1cccc(C#CC(=O)OCC(O)CO)c1. The number of nitrogens with one attached hydrogen (secondary N) is 1. The number of ether oxygens (including phenoxy) is 1. The Hall–Kier alpha value is -2.55. The van der Waals surface area contributed by atoms with Gasteiger partial charge < -0.3 is 20.3 Å². The van der Waals surface area contributed by atoms with E-state index in [4.69, 9.17) is 14.9 Å². The molecule has 1 unspecified atom stereocenters. The molecule has 0 aliphatic carbocycles. The smallest absolute Gasteiger partial charge is 0.384 e. The van der Waals surface area contributed by atoms with Crippen LogP contribution < -0.4 is 5.32 Å². The van der Waals surface area contributed by atoms with Gasteiger partial charge in [0.25, 0.3) is 0 Å². The molecule has 32 heavy (non-hydrogen) atoms. The Morgan fingerprint density at radius 2 is 1.75 bits per heavy atom. The van der Waals surface area contributed by atoms with Crippen molar-refractivity contribution in [1.29, 1.82) is 0 Å². The van der Waals surface area contributed by atoms with E-state index in [1.807, 2.05) is 30.3 Å². The minimum atomic E-state index is -1.08. The lowest BCUT2D eigenvalue weighted by Gasteiger charge is -2.06. The van der Waals surface area contributed by atoms with Crippen LogP contribution >= 0.6 is 0 Å². The van der Waals surface area contributed by atoms with Gasteiger partial charge in [-0.1, -0.05) is 55.9 Å². The fourth-order valence-electron chi connectivity index (χ4n) is 3.04. The van der Waals surface area contributed by atoms with Crippen LogP contribution in [0.15, 0.2) is 49.1 Å². The zero-order valence-corrected chi connectivity index (χ0v) is 19.2. The molecular weight excluding hydrogens is 402 g/mol. The number of hydrogen-bond donors (Lipinski definition) is 3. The van der Waals surface area contributed by atoms with E-state index in [1.54, 1.807) is 0 Å². The molecule has 0 saturated heterocycles. The number of hydrogen-bond acceptors (Lipinski definition) is 5. The summed E-state index contributed by atoms with van der Waals surface area (Å²) in [5.74, 6) is 4.41. The van der Waals surface area contributed by atoms with Crippen LogP contribution in [0.3, 0.4) is 0 Å². The zero-order chi connectivity index (χ0) is 23.3. The predicted octanol–water partition coefficient (Wildman–Crippen LogP) is 4.99. The van der Waals surface area contributed by atoms with Crippen molar-refractivity contribution in [2.75, 3.05) is 25.1 Å². The fraction of sp³-hybridized carbons (Fsp3) is 0.519. The summed E-state index contributed by atoms with van der Waals surface area (Å²) in [6.45, 7) is 3.90. The predicted molar refractivity (Wildman–Crippen MR) is 131 cm³/mol. The number of unbranched alkanes of at least 4 members (excludes halogenated alkanes) is 8. The second-order valence-electron chi connectivity index (χ2n) is 7.79. The van der Waals surface area contributed by atoms with Crippen LogP contribution in [0, 0.1) is 11.8 Å². The van der Waals surface area contributed by atoms with Crippen molar-refractivity contribution in [2.24, 2.45) is 0 Å². The number of carbonyl (C=O) groups excluding carboxylic acids is 1. The molecule has 1 aromatic rings. The van der Waals surface area contributed by atoms with E-state index < -0.39 is 18.7 Å². The largest absolute Gasteiger partial charge is 0.453 e. The topological polar surface area (TPSA) is 78.8 Å². The first kappa shape index (κ1) is 27.5. The molecule has 1 rings (SSSR count). The van der Waals surface area contributed by atoms with Gasteiger partial charge in [0.15, 0.2) is 0 Å². The molecule has 0 aliphatic rings. The van der Waals surface area contributed by atoms with Crippen LogP contribution in [0.4, 0.5) is 5.69 Å². The minimum Gasteiger partial charge on any atom is -0.453 e. The number of aliphatic hydroxyl groups excluding tert-OH is 2. The average molecular weight is 442 g/mol. The van der Waals surface area contributed by atoms with Gasteiger partial charge in [0.1, 0.15) is 12.7 Å². The van der Waals surface area contributed by atoms with Gasteiger partial charge in [0.05, 0.1) is 6.61 Å². The second-order valence-corrected chi connectivity index (χ2v) is 7.79. The summed E-state index contributed by atoms with van der Waals surface area (Å²) >= 11 is 0. The first-order valence-corrected chi connectivity index (χ1v) is 11.7. The molecule has 176 valence electrons. The molecule has 0 fully saturated rings. The Bertz CT molecular complexity index is 733. The zero-order valence-electron chi connectivity index (χ0n) is 19.2. The van der Waals surface area contributed by atoms with Gasteiger partial charge in [-0.25, -0.2) is 4.79 Å². The summed E-state index contributed by atoms with van der Waals surface area (Å²) in [6.07, 6.45) is 17.8. The standard InChI is InChI=1S/C27H39NO4/c1-2-3-4-5-6-7-8-9-10-11-12-13-14-20-28-25-17-15-16-24(21-25)18-19-27(31)32-23-26(30)22-29/h2,11-12,15-17,21,26,28-30H,1,3-10,13-14,20,22-23H2. The van der Waals surface area contributed by atoms with Gasteiger partial charge in [0.2, 0.25) is 0 Å². The first-order valence-electron chi connectivity index (χ1n) is 11.7. The van der Waals surface area contributed by atoms with Crippen molar-refractivity contribution >= 4 is 11.7 Å². The van der Waals surface area contributed by atoms with Gasteiger partial charge in [0, 0.05) is 23.7 Å². The summed E-state index contributed by atoms with van der Waals surface area (Å²) in [7, 11) is 0. The van der Waals surface area contributed by atoms with E-state index in [1.165, 1.54) is 44.9 Å². The molecule has 1 atom stereocenters. The molecule has 0 aromatic heterocycles. The number of benzene rings is 1. The lowest BCUT2D eigenvalue weighted by Crippen LogP contribution is -2.21. The summed E-state index contributed by atoms with van der Waals surface area (Å²) in [5, 5.41) is 21.2. The van der Waals surface area contributed by atoms with Crippen LogP contribution in [0.25, 0.3) is 0 Å². The third-order valence-corrected chi connectivity index (χ3v) is 4.86. The van der Waals surface area contributed by atoms with Crippen molar-refractivity contribution in [3.05, 3.63) is 54.6 Å². The van der Waals surface area contributed by atoms with Crippen molar-refractivity contribution in [3.8, 4) is 11.8 Å². The molecule has 0 heterocycles. The number of anilines is 1. The highest BCUT2D eigenvalue weighted by molar-refractivity contribution is 5.89. The Kier molecular flexibility index (Phi) is 16.5. The van der Waals surface area contributed by atoms with Crippen molar-refractivity contribution in [3.63, 3.8) is 0 Å². The Morgan fingerprint density at radius 3 is 2.47 bits per heavy atom. The molecule has 3 N–H and O–H groups in total. The molecule has 5 nitrogen and oxygen atoms in total. The van der Waals surface area contributed by atoms with E-state index in [-0.39, 0.29) is 6.61 Å². The van der Waals surface area contributed by atoms with Gasteiger partial charge in [-0.05, 0) is 56.7 Å². The quantitative estimate of drug-likeness (QED) is 0.137. The monoisotopic (exact) mass is 441 g/mol. The summed E-state index contributed by atoms with van der Waals surface area (Å²) in [4.78, 5) is 11.5. The van der Waals surface area contributed by atoms with Gasteiger partial charge in [-0.3, -0.25) is 0 Å². The number of esters is 1. The van der Waals surface area contributed by atoms with Crippen LogP contribution in [-0.4, -0.2) is 42.0 Å².